The Labute approximate surface area is 84.8 Å². The molecule has 0 fully saturated rings. The first-order valence-corrected chi connectivity index (χ1v) is 5.15. The first-order chi connectivity index (χ1) is 6.79. The Morgan fingerprint density at radius 3 is 2.86 bits per heavy atom. The van der Waals surface area contributed by atoms with Crippen molar-refractivity contribution in [3.05, 3.63) is 41.6 Å². The minimum atomic E-state index is 1.09. The van der Waals surface area contributed by atoms with Crippen LogP contribution < -0.4 is 0 Å². The van der Waals surface area contributed by atoms with Crippen molar-refractivity contribution in [2.45, 2.75) is 26.7 Å². The fourth-order valence-electron chi connectivity index (χ4n) is 1.74. The molecule has 0 unspecified atom stereocenters. The summed E-state index contributed by atoms with van der Waals surface area (Å²) < 4.78 is 0. The summed E-state index contributed by atoms with van der Waals surface area (Å²) in [7, 11) is 0. The number of hydrogen-bond donors (Lipinski definition) is 0. The molecular weight excluding hydrogens is 170 g/mol. The Morgan fingerprint density at radius 1 is 1.21 bits per heavy atom. The lowest BCUT2D eigenvalue weighted by atomic mass is 10.1. The van der Waals surface area contributed by atoms with Gasteiger partial charge in [-0.2, -0.15) is 0 Å². The van der Waals surface area contributed by atoms with E-state index in [0.717, 1.165) is 11.9 Å². The number of fused-ring (bicyclic) bond motifs is 1. The second kappa shape index (κ2) is 3.79. The maximum atomic E-state index is 4.38. The molecule has 72 valence electrons. The predicted octanol–water partition coefficient (Wildman–Crippen LogP) is 3.50. The van der Waals surface area contributed by atoms with E-state index in [2.05, 4.69) is 43.1 Å². The van der Waals surface area contributed by atoms with Crippen molar-refractivity contribution >= 4 is 10.9 Å². The number of aromatic nitrogens is 1. The van der Waals surface area contributed by atoms with Crippen LogP contribution in [0.1, 0.15) is 24.5 Å². The predicted molar refractivity (Wildman–Crippen MR) is 60.5 cm³/mol. The van der Waals surface area contributed by atoms with Crippen LogP contribution in [0.25, 0.3) is 10.9 Å². The molecule has 1 aromatic heterocycles. The van der Waals surface area contributed by atoms with Crippen LogP contribution in [-0.4, -0.2) is 4.98 Å². The average molecular weight is 185 g/mol. The fraction of sp³-hybridized carbons (Fsp3) is 0.308. The Balaban J connectivity index is 2.52. The monoisotopic (exact) mass is 185 g/mol. The summed E-state index contributed by atoms with van der Waals surface area (Å²) >= 11 is 0. The van der Waals surface area contributed by atoms with E-state index in [1.54, 1.807) is 0 Å². The Hall–Kier alpha value is -1.37. The highest BCUT2D eigenvalue weighted by Crippen LogP contribution is 2.16. The molecule has 0 aliphatic rings. The smallest absolute Gasteiger partial charge is 0.0702 e. The van der Waals surface area contributed by atoms with Gasteiger partial charge in [0.25, 0.3) is 0 Å². The topological polar surface area (TPSA) is 12.9 Å². The maximum Gasteiger partial charge on any atom is 0.0702 e. The second-order valence-electron chi connectivity index (χ2n) is 3.79. The van der Waals surface area contributed by atoms with E-state index in [0.29, 0.717) is 0 Å². The van der Waals surface area contributed by atoms with Gasteiger partial charge in [-0.3, -0.25) is 4.98 Å². The molecule has 1 aromatic carbocycles. The van der Waals surface area contributed by atoms with E-state index in [4.69, 9.17) is 0 Å². The maximum absolute atomic E-state index is 4.38. The van der Waals surface area contributed by atoms with Gasteiger partial charge in [0.2, 0.25) is 0 Å². The molecule has 0 aliphatic carbocycles. The second-order valence-corrected chi connectivity index (χ2v) is 3.79. The number of pyridine rings is 1. The third-order valence-electron chi connectivity index (χ3n) is 2.42. The molecule has 0 N–H and O–H groups in total. The van der Waals surface area contributed by atoms with E-state index < -0.39 is 0 Å². The van der Waals surface area contributed by atoms with Crippen molar-refractivity contribution in [2.24, 2.45) is 0 Å². The fourth-order valence-corrected chi connectivity index (χ4v) is 1.74. The van der Waals surface area contributed by atoms with E-state index in [1.165, 1.54) is 22.9 Å². The van der Waals surface area contributed by atoms with Crippen molar-refractivity contribution in [3.8, 4) is 0 Å². The van der Waals surface area contributed by atoms with Crippen LogP contribution in [0.5, 0.6) is 0 Å². The number of hydrogen-bond acceptors (Lipinski definition) is 1. The zero-order valence-electron chi connectivity index (χ0n) is 8.75. The largest absolute Gasteiger partial charge is 0.256 e. The number of aryl methyl sites for hydroxylation is 2. The molecule has 1 heteroatoms. The molecule has 0 saturated carbocycles. The molecule has 2 rings (SSSR count). The summed E-state index contributed by atoms with van der Waals surface area (Å²) in [5.41, 5.74) is 3.73. The molecule has 1 nitrogen and oxygen atoms in total. The van der Waals surface area contributed by atoms with Gasteiger partial charge in [0.05, 0.1) is 5.52 Å². The molecule has 0 bridgehead atoms. The Kier molecular flexibility index (Phi) is 2.49. The van der Waals surface area contributed by atoms with Crippen LogP contribution in [0.15, 0.2) is 30.5 Å². The van der Waals surface area contributed by atoms with Gasteiger partial charge in [-0.25, -0.2) is 0 Å². The van der Waals surface area contributed by atoms with Gasteiger partial charge < -0.3 is 0 Å². The highest BCUT2D eigenvalue weighted by Gasteiger charge is 1.97. The molecule has 0 amide bonds. The van der Waals surface area contributed by atoms with Crippen molar-refractivity contribution in [1.82, 2.24) is 4.98 Å². The van der Waals surface area contributed by atoms with Crippen molar-refractivity contribution in [3.63, 3.8) is 0 Å². The molecule has 0 atom stereocenters. The summed E-state index contributed by atoms with van der Waals surface area (Å²) in [5.74, 6) is 0. The molecule has 1 heterocycles. The third kappa shape index (κ3) is 1.77. The number of benzene rings is 1. The Morgan fingerprint density at radius 2 is 2.07 bits per heavy atom. The van der Waals surface area contributed by atoms with Crippen LogP contribution in [0.4, 0.5) is 0 Å². The molecule has 2 aromatic rings. The molecule has 0 spiro atoms. The van der Waals surface area contributed by atoms with Crippen LogP contribution >= 0.6 is 0 Å². The SMILES string of the molecule is CCCc1ccc2ncc(C)cc2c1. The molecular formula is C13H15N. The summed E-state index contributed by atoms with van der Waals surface area (Å²) in [6, 6.07) is 8.73. The van der Waals surface area contributed by atoms with Crippen LogP contribution in [0.3, 0.4) is 0 Å². The summed E-state index contributed by atoms with van der Waals surface area (Å²) in [6.07, 6.45) is 4.27. The van der Waals surface area contributed by atoms with Gasteiger partial charge in [-0.15, -0.1) is 0 Å². The normalized spacial score (nSPS) is 10.7. The zero-order valence-corrected chi connectivity index (χ0v) is 8.75. The zero-order chi connectivity index (χ0) is 9.97. The summed E-state index contributed by atoms with van der Waals surface area (Å²) in [4.78, 5) is 4.38. The van der Waals surface area contributed by atoms with Gasteiger partial charge in [0.1, 0.15) is 0 Å². The molecule has 0 saturated heterocycles. The first kappa shape index (κ1) is 9.20. The average Bonchev–Trinajstić information content (AvgIpc) is 2.17. The standard InChI is InChI=1S/C13H15N/c1-3-4-11-5-6-13-12(8-11)7-10(2)9-14-13/h5-9H,3-4H2,1-2H3. The van der Waals surface area contributed by atoms with E-state index in [-0.39, 0.29) is 0 Å². The van der Waals surface area contributed by atoms with Crippen LogP contribution in [0.2, 0.25) is 0 Å². The van der Waals surface area contributed by atoms with Gasteiger partial charge in [-0.05, 0) is 42.7 Å². The summed E-state index contributed by atoms with van der Waals surface area (Å²) in [5, 5.41) is 1.26. The minimum Gasteiger partial charge on any atom is -0.256 e. The van der Waals surface area contributed by atoms with E-state index >= 15 is 0 Å². The van der Waals surface area contributed by atoms with Crippen molar-refractivity contribution in [2.75, 3.05) is 0 Å². The minimum absolute atomic E-state index is 1.09. The van der Waals surface area contributed by atoms with Gasteiger partial charge in [0, 0.05) is 11.6 Å². The lowest BCUT2D eigenvalue weighted by Gasteiger charge is -2.02. The quantitative estimate of drug-likeness (QED) is 0.697. The lowest BCUT2D eigenvalue weighted by Crippen LogP contribution is -1.85. The molecule has 14 heavy (non-hydrogen) atoms. The van der Waals surface area contributed by atoms with Crippen LogP contribution in [0, 0.1) is 6.92 Å². The van der Waals surface area contributed by atoms with E-state index in [9.17, 15) is 0 Å². The molecule has 0 radical (unpaired) electrons. The van der Waals surface area contributed by atoms with Gasteiger partial charge in [0.15, 0.2) is 0 Å². The third-order valence-corrected chi connectivity index (χ3v) is 2.42. The highest BCUT2D eigenvalue weighted by molar-refractivity contribution is 5.79. The lowest BCUT2D eigenvalue weighted by molar-refractivity contribution is 0.923. The highest BCUT2D eigenvalue weighted by atomic mass is 14.6. The van der Waals surface area contributed by atoms with Gasteiger partial charge >= 0.3 is 0 Å². The van der Waals surface area contributed by atoms with Crippen LogP contribution in [-0.2, 0) is 6.42 Å². The van der Waals surface area contributed by atoms with Crippen molar-refractivity contribution in [1.29, 1.82) is 0 Å². The molecule has 0 aliphatic heterocycles. The van der Waals surface area contributed by atoms with Crippen molar-refractivity contribution < 1.29 is 0 Å². The first-order valence-electron chi connectivity index (χ1n) is 5.15. The Bertz CT molecular complexity index is 446. The summed E-state index contributed by atoms with van der Waals surface area (Å²) in [6.45, 7) is 4.29. The van der Waals surface area contributed by atoms with Gasteiger partial charge in [-0.1, -0.05) is 19.4 Å². The number of rotatable bonds is 2. The van der Waals surface area contributed by atoms with E-state index in [1.807, 2.05) is 6.20 Å². The number of nitrogens with zero attached hydrogens (tertiary/aromatic N) is 1.